The van der Waals surface area contributed by atoms with E-state index in [9.17, 15) is 4.79 Å². The third kappa shape index (κ3) is 3.30. The normalized spacial score (nSPS) is 29.5. The summed E-state index contributed by atoms with van der Waals surface area (Å²) in [6.45, 7) is 7.51. The highest BCUT2D eigenvalue weighted by Gasteiger charge is 2.43. The van der Waals surface area contributed by atoms with Crippen molar-refractivity contribution < 1.29 is 4.79 Å². The minimum atomic E-state index is 0.125. The molecule has 7 heteroatoms. The first kappa shape index (κ1) is 16.1. The van der Waals surface area contributed by atoms with Crippen LogP contribution in [-0.2, 0) is 17.9 Å². The van der Waals surface area contributed by atoms with Gasteiger partial charge in [-0.3, -0.25) is 14.4 Å². The van der Waals surface area contributed by atoms with Gasteiger partial charge in [0.15, 0.2) is 0 Å². The molecule has 23 heavy (non-hydrogen) atoms. The van der Waals surface area contributed by atoms with Gasteiger partial charge in [0.25, 0.3) is 0 Å². The second-order valence-electron chi connectivity index (χ2n) is 6.68. The van der Waals surface area contributed by atoms with Crippen LogP contribution in [0.5, 0.6) is 0 Å². The van der Waals surface area contributed by atoms with Crippen LogP contribution >= 0.6 is 0 Å². The molecule has 3 aliphatic rings. The largest absolute Gasteiger partial charge is 0.342 e. The first-order valence-electron chi connectivity index (χ1n) is 8.31. The van der Waals surface area contributed by atoms with Gasteiger partial charge < -0.3 is 10.6 Å². The van der Waals surface area contributed by atoms with Crippen molar-refractivity contribution in [3.05, 3.63) is 24.5 Å². The van der Waals surface area contributed by atoms with Crippen molar-refractivity contribution in [2.45, 2.75) is 32.0 Å². The fourth-order valence-corrected chi connectivity index (χ4v) is 3.91. The maximum atomic E-state index is 12.6. The zero-order chi connectivity index (χ0) is 16.4. The van der Waals surface area contributed by atoms with Crippen molar-refractivity contribution in [2.75, 3.05) is 26.7 Å². The van der Waals surface area contributed by atoms with Gasteiger partial charge in [0, 0.05) is 38.9 Å². The van der Waals surface area contributed by atoms with E-state index in [0.717, 1.165) is 38.2 Å². The van der Waals surface area contributed by atoms with Crippen molar-refractivity contribution in [1.82, 2.24) is 24.8 Å². The van der Waals surface area contributed by atoms with Gasteiger partial charge in [-0.2, -0.15) is 0 Å². The Hall–Kier alpha value is -1.73. The van der Waals surface area contributed by atoms with E-state index in [1.54, 1.807) is 11.0 Å². The number of carbonyl (C=O) groups is 1. The van der Waals surface area contributed by atoms with Crippen molar-refractivity contribution in [1.29, 1.82) is 0 Å². The molecule has 4 atom stereocenters. The van der Waals surface area contributed by atoms with Gasteiger partial charge in [0.2, 0.25) is 5.91 Å². The molecule has 4 rings (SSSR count). The molecule has 3 aliphatic heterocycles. The first-order chi connectivity index (χ1) is 11.1. The van der Waals surface area contributed by atoms with Gasteiger partial charge in [-0.15, -0.1) is 11.7 Å². The molecule has 1 unspecified atom stereocenters. The lowest BCUT2D eigenvalue weighted by molar-refractivity contribution is -0.142. The standard InChI is InChI=1S/C16H26N6O/c1-3-5-20(2)16(23)15-11-21-6-4-12(15)7-14(21)10-22-9-13(8-17)18-19-22/h3,9,12,14-15H,1,4-8,10-11,17H2,2H3/t12-,14-,15-/m1/s1. The molecule has 1 aromatic rings. The van der Waals surface area contributed by atoms with Gasteiger partial charge in [0.05, 0.1) is 18.2 Å². The lowest BCUT2D eigenvalue weighted by atomic mass is 9.75. The number of likely N-dealkylation sites (N-methyl/N-ethyl adjacent to an activating group) is 1. The Morgan fingerprint density at radius 3 is 3.04 bits per heavy atom. The number of fused-ring (bicyclic) bond motifs is 3. The van der Waals surface area contributed by atoms with Gasteiger partial charge in [-0.1, -0.05) is 11.3 Å². The average Bonchev–Trinajstić information content (AvgIpc) is 3.02. The number of rotatable bonds is 6. The predicted octanol–water partition coefficient (Wildman–Crippen LogP) is 0.0916. The molecule has 4 heterocycles. The number of amides is 1. The van der Waals surface area contributed by atoms with Crippen LogP contribution in [0.4, 0.5) is 0 Å². The maximum Gasteiger partial charge on any atom is 0.227 e. The summed E-state index contributed by atoms with van der Waals surface area (Å²) in [5, 5.41) is 8.19. The Kier molecular flexibility index (Phi) is 4.77. The average molecular weight is 318 g/mol. The minimum absolute atomic E-state index is 0.125. The molecule has 3 saturated heterocycles. The van der Waals surface area contributed by atoms with E-state index in [1.165, 1.54) is 0 Å². The Morgan fingerprint density at radius 1 is 1.61 bits per heavy atom. The minimum Gasteiger partial charge on any atom is -0.342 e. The topological polar surface area (TPSA) is 80.3 Å². The summed E-state index contributed by atoms with van der Waals surface area (Å²) in [5.41, 5.74) is 6.41. The molecule has 0 aromatic carbocycles. The van der Waals surface area contributed by atoms with Gasteiger partial charge in [0.1, 0.15) is 0 Å². The zero-order valence-corrected chi connectivity index (χ0v) is 13.8. The van der Waals surface area contributed by atoms with Crippen molar-refractivity contribution in [3.63, 3.8) is 0 Å². The van der Waals surface area contributed by atoms with Crippen molar-refractivity contribution in [3.8, 4) is 0 Å². The molecule has 0 radical (unpaired) electrons. The second-order valence-corrected chi connectivity index (χ2v) is 6.68. The molecular weight excluding hydrogens is 292 g/mol. The fourth-order valence-electron chi connectivity index (χ4n) is 3.91. The van der Waals surface area contributed by atoms with E-state index in [2.05, 4.69) is 21.8 Å². The Labute approximate surface area is 137 Å². The second kappa shape index (κ2) is 6.80. The van der Waals surface area contributed by atoms with Crippen LogP contribution in [0.1, 0.15) is 18.5 Å². The Bertz CT molecular complexity index is 571. The van der Waals surface area contributed by atoms with Gasteiger partial charge in [-0.25, -0.2) is 0 Å². The molecule has 0 aliphatic carbocycles. The highest BCUT2D eigenvalue weighted by molar-refractivity contribution is 5.79. The van der Waals surface area contributed by atoms with Crippen LogP contribution in [-0.4, -0.2) is 63.4 Å². The molecular formula is C16H26N6O. The summed E-state index contributed by atoms with van der Waals surface area (Å²) in [4.78, 5) is 16.8. The molecule has 1 amide bonds. The highest BCUT2D eigenvalue weighted by Crippen LogP contribution is 2.37. The van der Waals surface area contributed by atoms with Crippen LogP contribution in [0.15, 0.2) is 18.9 Å². The summed E-state index contributed by atoms with van der Waals surface area (Å²) in [5.74, 6) is 0.854. The quantitative estimate of drug-likeness (QED) is 0.752. The van der Waals surface area contributed by atoms with E-state index in [4.69, 9.17) is 5.73 Å². The number of nitrogens with two attached hydrogens (primary N) is 1. The van der Waals surface area contributed by atoms with E-state index in [1.807, 2.05) is 17.9 Å². The number of hydrogen-bond donors (Lipinski definition) is 1. The molecule has 0 spiro atoms. The third-order valence-corrected chi connectivity index (χ3v) is 5.17. The van der Waals surface area contributed by atoms with Crippen LogP contribution < -0.4 is 5.73 Å². The molecule has 0 saturated carbocycles. The van der Waals surface area contributed by atoms with Gasteiger partial charge >= 0.3 is 0 Å². The van der Waals surface area contributed by atoms with Crippen LogP contribution in [0.25, 0.3) is 0 Å². The summed E-state index contributed by atoms with van der Waals surface area (Å²) >= 11 is 0. The van der Waals surface area contributed by atoms with Gasteiger partial charge in [-0.05, 0) is 25.3 Å². The highest BCUT2D eigenvalue weighted by atomic mass is 16.2. The molecule has 3 fully saturated rings. The maximum absolute atomic E-state index is 12.6. The molecule has 1 aromatic heterocycles. The number of nitrogens with zero attached hydrogens (tertiary/aromatic N) is 5. The van der Waals surface area contributed by atoms with E-state index < -0.39 is 0 Å². The lowest BCUT2D eigenvalue weighted by Crippen LogP contribution is -2.58. The summed E-state index contributed by atoms with van der Waals surface area (Å²) < 4.78 is 1.88. The SMILES string of the molecule is C=CCN(C)C(=O)[C@@H]1CN2CC[C@@H]1C[C@@H]2Cn1cc(CN)nn1. The summed E-state index contributed by atoms with van der Waals surface area (Å²) in [7, 11) is 1.86. The monoisotopic (exact) mass is 318 g/mol. The third-order valence-electron chi connectivity index (χ3n) is 5.17. The van der Waals surface area contributed by atoms with E-state index in [0.29, 0.717) is 25.0 Å². The van der Waals surface area contributed by atoms with Crippen LogP contribution in [0.3, 0.4) is 0 Å². The smallest absolute Gasteiger partial charge is 0.227 e. The number of hydrogen-bond acceptors (Lipinski definition) is 5. The number of piperidine rings is 3. The molecule has 126 valence electrons. The first-order valence-corrected chi connectivity index (χ1v) is 8.31. The zero-order valence-electron chi connectivity index (χ0n) is 13.8. The Morgan fingerprint density at radius 2 is 2.43 bits per heavy atom. The van der Waals surface area contributed by atoms with E-state index >= 15 is 0 Å². The molecule has 2 bridgehead atoms. The number of aromatic nitrogens is 3. The van der Waals surface area contributed by atoms with Crippen molar-refractivity contribution >= 4 is 5.91 Å². The fraction of sp³-hybridized carbons (Fsp3) is 0.688. The predicted molar refractivity (Wildman–Crippen MR) is 87.3 cm³/mol. The number of carbonyl (C=O) groups excluding carboxylic acids is 1. The van der Waals surface area contributed by atoms with Crippen LogP contribution in [0, 0.1) is 11.8 Å². The molecule has 7 nitrogen and oxygen atoms in total. The summed E-state index contributed by atoms with van der Waals surface area (Å²) in [6.07, 6.45) is 5.86. The molecule has 2 N–H and O–H groups in total. The summed E-state index contributed by atoms with van der Waals surface area (Å²) in [6, 6.07) is 0.440. The van der Waals surface area contributed by atoms with E-state index in [-0.39, 0.29) is 11.8 Å². The van der Waals surface area contributed by atoms with Crippen molar-refractivity contribution in [2.24, 2.45) is 17.6 Å². The lowest BCUT2D eigenvalue weighted by Gasteiger charge is -2.49. The Balaban J connectivity index is 1.62. The van der Waals surface area contributed by atoms with Crippen LogP contribution in [0.2, 0.25) is 0 Å².